The zero-order valence-electron chi connectivity index (χ0n) is 14.0. The first-order valence-electron chi connectivity index (χ1n) is 8.60. The maximum atomic E-state index is 5.90. The van der Waals surface area contributed by atoms with E-state index in [0.717, 1.165) is 13.0 Å². The second kappa shape index (κ2) is 8.75. The number of benzene rings is 2. The maximum Gasteiger partial charge on any atom is -0.00712 e. The van der Waals surface area contributed by atoms with Gasteiger partial charge in [0, 0.05) is 0 Å². The van der Waals surface area contributed by atoms with E-state index in [2.05, 4.69) is 68.4 Å². The van der Waals surface area contributed by atoms with Gasteiger partial charge in [0.1, 0.15) is 0 Å². The Balaban J connectivity index is 2.29. The topological polar surface area (TPSA) is 26.0 Å². The number of hydrogen-bond donors (Lipinski definition) is 1. The zero-order valence-corrected chi connectivity index (χ0v) is 14.0. The summed E-state index contributed by atoms with van der Waals surface area (Å²) in [5.74, 6) is 0.994. The lowest BCUT2D eigenvalue weighted by molar-refractivity contribution is 0.537. The van der Waals surface area contributed by atoms with Crippen molar-refractivity contribution < 1.29 is 0 Å². The van der Waals surface area contributed by atoms with Crippen LogP contribution in [0.25, 0.3) is 0 Å². The Labute approximate surface area is 135 Å². The van der Waals surface area contributed by atoms with Gasteiger partial charge in [0.25, 0.3) is 0 Å². The normalized spacial score (nSPS) is 13.8. The second-order valence-electron chi connectivity index (χ2n) is 6.19. The van der Waals surface area contributed by atoms with E-state index in [9.17, 15) is 0 Å². The van der Waals surface area contributed by atoms with Crippen LogP contribution in [0.2, 0.25) is 0 Å². The van der Waals surface area contributed by atoms with Crippen molar-refractivity contribution in [2.45, 2.75) is 51.4 Å². The van der Waals surface area contributed by atoms with Crippen LogP contribution in [0.5, 0.6) is 0 Å². The second-order valence-corrected chi connectivity index (χ2v) is 6.19. The standard InChI is InChI=1S/C21H29N/c1-3-4-10-18-13-8-9-14-20(18)17(2)21(15-16-22)19-11-6-5-7-12-19/h5-9,11-14,17,21H,3-4,10,15-16,22H2,1-2H3. The van der Waals surface area contributed by atoms with Crippen LogP contribution in [-0.2, 0) is 6.42 Å². The molecule has 0 aliphatic heterocycles. The molecule has 2 aromatic rings. The molecule has 118 valence electrons. The summed E-state index contributed by atoms with van der Waals surface area (Å²) < 4.78 is 0. The monoisotopic (exact) mass is 295 g/mol. The minimum Gasteiger partial charge on any atom is -0.330 e. The molecule has 0 aliphatic rings. The highest BCUT2D eigenvalue weighted by atomic mass is 14.5. The fourth-order valence-electron chi connectivity index (χ4n) is 3.38. The van der Waals surface area contributed by atoms with E-state index in [1.54, 1.807) is 0 Å². The van der Waals surface area contributed by atoms with E-state index in [1.807, 2.05) is 0 Å². The molecule has 0 saturated carbocycles. The van der Waals surface area contributed by atoms with Crippen LogP contribution in [-0.4, -0.2) is 6.54 Å². The average molecular weight is 295 g/mol. The largest absolute Gasteiger partial charge is 0.330 e. The third-order valence-electron chi connectivity index (χ3n) is 4.65. The zero-order chi connectivity index (χ0) is 15.8. The first-order chi connectivity index (χ1) is 10.8. The lowest BCUT2D eigenvalue weighted by Crippen LogP contribution is -2.15. The molecule has 0 aliphatic carbocycles. The van der Waals surface area contributed by atoms with Crippen molar-refractivity contribution in [3.8, 4) is 0 Å². The molecule has 0 amide bonds. The SMILES string of the molecule is CCCCc1ccccc1C(C)C(CCN)c1ccccc1. The van der Waals surface area contributed by atoms with E-state index in [1.165, 1.54) is 36.0 Å². The molecule has 2 N–H and O–H groups in total. The van der Waals surface area contributed by atoms with Gasteiger partial charge in [-0.05, 0) is 54.3 Å². The number of unbranched alkanes of at least 4 members (excludes halogenated alkanes) is 1. The first-order valence-corrected chi connectivity index (χ1v) is 8.60. The van der Waals surface area contributed by atoms with Crippen LogP contribution in [0.1, 0.15) is 61.6 Å². The molecule has 0 spiro atoms. The molecule has 2 unspecified atom stereocenters. The van der Waals surface area contributed by atoms with Gasteiger partial charge >= 0.3 is 0 Å². The molecular formula is C21H29N. The summed E-state index contributed by atoms with van der Waals surface area (Å²) in [6, 6.07) is 19.8. The molecule has 0 heterocycles. The molecule has 1 nitrogen and oxygen atoms in total. The van der Waals surface area contributed by atoms with Crippen LogP contribution < -0.4 is 5.73 Å². The third kappa shape index (κ3) is 4.20. The predicted octanol–water partition coefficient (Wildman–Crippen LogP) is 5.27. The van der Waals surface area contributed by atoms with Gasteiger partial charge in [-0.25, -0.2) is 0 Å². The Morgan fingerprint density at radius 3 is 2.32 bits per heavy atom. The summed E-state index contributed by atoms with van der Waals surface area (Å²) >= 11 is 0. The minimum atomic E-state index is 0.494. The summed E-state index contributed by atoms with van der Waals surface area (Å²) in [7, 11) is 0. The van der Waals surface area contributed by atoms with Crippen molar-refractivity contribution >= 4 is 0 Å². The van der Waals surface area contributed by atoms with Crippen LogP contribution in [0.3, 0.4) is 0 Å². The van der Waals surface area contributed by atoms with Crippen molar-refractivity contribution in [3.63, 3.8) is 0 Å². The van der Waals surface area contributed by atoms with Gasteiger partial charge in [0.2, 0.25) is 0 Å². The van der Waals surface area contributed by atoms with Gasteiger partial charge < -0.3 is 5.73 Å². The van der Waals surface area contributed by atoms with E-state index < -0.39 is 0 Å². The molecule has 1 heteroatoms. The lowest BCUT2D eigenvalue weighted by Gasteiger charge is -2.26. The van der Waals surface area contributed by atoms with E-state index >= 15 is 0 Å². The summed E-state index contributed by atoms with van der Waals surface area (Å²) in [4.78, 5) is 0. The highest BCUT2D eigenvalue weighted by molar-refractivity contribution is 5.34. The minimum absolute atomic E-state index is 0.494. The molecule has 0 fully saturated rings. The third-order valence-corrected chi connectivity index (χ3v) is 4.65. The van der Waals surface area contributed by atoms with Gasteiger partial charge in [-0.1, -0.05) is 74.9 Å². The lowest BCUT2D eigenvalue weighted by atomic mass is 9.78. The van der Waals surface area contributed by atoms with Gasteiger partial charge in [-0.15, -0.1) is 0 Å². The van der Waals surface area contributed by atoms with Crippen molar-refractivity contribution in [2.75, 3.05) is 6.54 Å². The van der Waals surface area contributed by atoms with E-state index in [-0.39, 0.29) is 0 Å². The molecule has 0 radical (unpaired) electrons. The van der Waals surface area contributed by atoms with Gasteiger partial charge in [-0.2, -0.15) is 0 Å². The van der Waals surface area contributed by atoms with Gasteiger partial charge in [-0.3, -0.25) is 0 Å². The molecule has 0 aromatic heterocycles. The number of nitrogens with two attached hydrogens (primary N) is 1. The predicted molar refractivity (Wildman–Crippen MR) is 96.3 cm³/mol. The van der Waals surface area contributed by atoms with Gasteiger partial charge in [0.05, 0.1) is 0 Å². The Morgan fingerprint density at radius 1 is 0.955 bits per heavy atom. The molecule has 2 atom stereocenters. The summed E-state index contributed by atoms with van der Waals surface area (Å²) in [6.45, 7) is 5.35. The van der Waals surface area contributed by atoms with Crippen LogP contribution in [0, 0.1) is 0 Å². The quantitative estimate of drug-likeness (QED) is 0.706. The van der Waals surface area contributed by atoms with E-state index in [0.29, 0.717) is 11.8 Å². The van der Waals surface area contributed by atoms with Crippen molar-refractivity contribution in [2.24, 2.45) is 5.73 Å². The first kappa shape index (κ1) is 16.8. The molecular weight excluding hydrogens is 266 g/mol. The molecule has 0 bridgehead atoms. The summed E-state index contributed by atoms with van der Waals surface area (Å²) in [6.07, 6.45) is 4.72. The van der Waals surface area contributed by atoms with Gasteiger partial charge in [0.15, 0.2) is 0 Å². The summed E-state index contributed by atoms with van der Waals surface area (Å²) in [5, 5.41) is 0. The number of hydrogen-bond acceptors (Lipinski definition) is 1. The fourth-order valence-corrected chi connectivity index (χ4v) is 3.38. The Bertz CT molecular complexity index is 547. The van der Waals surface area contributed by atoms with Crippen molar-refractivity contribution in [3.05, 3.63) is 71.3 Å². The van der Waals surface area contributed by atoms with Crippen molar-refractivity contribution in [1.82, 2.24) is 0 Å². The Hall–Kier alpha value is -1.60. The van der Waals surface area contributed by atoms with Crippen LogP contribution in [0.4, 0.5) is 0 Å². The highest BCUT2D eigenvalue weighted by Gasteiger charge is 2.21. The smallest absolute Gasteiger partial charge is 0.00712 e. The molecule has 2 aromatic carbocycles. The maximum absolute atomic E-state index is 5.90. The summed E-state index contributed by atoms with van der Waals surface area (Å²) in [5.41, 5.74) is 10.3. The van der Waals surface area contributed by atoms with Crippen LogP contribution >= 0.6 is 0 Å². The number of rotatable bonds is 8. The fraction of sp³-hybridized carbons (Fsp3) is 0.429. The van der Waals surface area contributed by atoms with Crippen LogP contribution in [0.15, 0.2) is 54.6 Å². The Morgan fingerprint density at radius 2 is 1.64 bits per heavy atom. The van der Waals surface area contributed by atoms with Crippen molar-refractivity contribution in [1.29, 1.82) is 0 Å². The number of aryl methyl sites for hydroxylation is 1. The molecule has 2 rings (SSSR count). The highest BCUT2D eigenvalue weighted by Crippen LogP contribution is 2.36. The molecule has 0 saturated heterocycles. The average Bonchev–Trinajstić information content (AvgIpc) is 2.58. The van der Waals surface area contributed by atoms with E-state index in [4.69, 9.17) is 5.73 Å². The Kier molecular flexibility index (Phi) is 6.67. The molecule has 22 heavy (non-hydrogen) atoms.